The topological polar surface area (TPSA) is 54.9 Å². The largest absolute Gasteiger partial charge is 0.315 e. The second-order valence-corrected chi connectivity index (χ2v) is 4.70. The molecule has 0 unspecified atom stereocenters. The molecule has 3 heterocycles. The molecule has 2 aromatic heterocycles. The molecule has 0 aromatic carbocycles. The Kier molecular flexibility index (Phi) is 4.82. The molecule has 0 aliphatic carbocycles. The number of hydrogen-bond donors (Lipinski definition) is 1. The van der Waals surface area contributed by atoms with Crippen LogP contribution in [0.2, 0.25) is 0 Å². The summed E-state index contributed by atoms with van der Waals surface area (Å²) in [5, 5.41) is 3.14. The lowest BCUT2D eigenvalue weighted by molar-refractivity contribution is -0.125. The fourth-order valence-corrected chi connectivity index (χ4v) is 2.26. The van der Waals surface area contributed by atoms with E-state index < -0.39 is 0 Å². The van der Waals surface area contributed by atoms with Crippen molar-refractivity contribution in [1.82, 2.24) is 15.3 Å². The number of hydrogen-bond acceptors (Lipinski definition) is 4. The zero-order chi connectivity index (χ0) is 13.1. The zero-order valence-corrected chi connectivity index (χ0v) is 11.7. The number of rotatable bonds is 4. The summed E-state index contributed by atoms with van der Waals surface area (Å²) in [6, 6.07) is 11.3. The number of carbonyl (C=O) groups excluding carboxylic acids is 1. The molecule has 0 bridgehead atoms. The van der Waals surface area contributed by atoms with E-state index in [1.165, 1.54) is 0 Å². The maximum absolute atomic E-state index is 12.6. The Bertz CT molecular complexity index is 518. The molecule has 1 saturated heterocycles. The first-order chi connectivity index (χ1) is 9.36. The average molecular weight is 290 g/mol. The highest BCUT2D eigenvalue weighted by Crippen LogP contribution is 2.26. The third-order valence-corrected chi connectivity index (χ3v) is 3.44. The summed E-state index contributed by atoms with van der Waals surface area (Å²) >= 11 is 0. The highest BCUT2D eigenvalue weighted by atomic mass is 35.5. The van der Waals surface area contributed by atoms with E-state index in [2.05, 4.69) is 15.3 Å². The number of aromatic nitrogens is 2. The van der Waals surface area contributed by atoms with E-state index in [9.17, 15) is 4.79 Å². The molecule has 3 rings (SSSR count). The Labute approximate surface area is 124 Å². The van der Waals surface area contributed by atoms with Crippen LogP contribution in [0.1, 0.15) is 17.3 Å². The van der Waals surface area contributed by atoms with Gasteiger partial charge in [-0.1, -0.05) is 12.1 Å². The van der Waals surface area contributed by atoms with Crippen LogP contribution < -0.4 is 5.32 Å². The quantitative estimate of drug-likeness (QED) is 0.933. The highest BCUT2D eigenvalue weighted by molar-refractivity contribution is 5.91. The molecule has 0 saturated carbocycles. The van der Waals surface area contributed by atoms with E-state index in [1.54, 1.807) is 12.4 Å². The Morgan fingerprint density at radius 1 is 1.05 bits per heavy atom. The van der Waals surface area contributed by atoms with Gasteiger partial charge in [0.1, 0.15) is 5.92 Å². The minimum atomic E-state index is -0.352. The van der Waals surface area contributed by atoms with Crippen LogP contribution in [0.25, 0.3) is 0 Å². The first kappa shape index (κ1) is 14.6. The number of halogens is 1. The van der Waals surface area contributed by atoms with Crippen LogP contribution in [-0.4, -0.2) is 28.8 Å². The van der Waals surface area contributed by atoms with Crippen molar-refractivity contribution >= 4 is 18.2 Å². The molecule has 0 atom stereocenters. The van der Waals surface area contributed by atoms with Crippen LogP contribution in [-0.2, 0) is 4.79 Å². The van der Waals surface area contributed by atoms with Gasteiger partial charge in [-0.25, -0.2) is 0 Å². The molecule has 4 nitrogen and oxygen atoms in total. The first-order valence-corrected chi connectivity index (χ1v) is 6.42. The van der Waals surface area contributed by atoms with Gasteiger partial charge in [0.2, 0.25) is 0 Å². The molecule has 20 heavy (non-hydrogen) atoms. The molecule has 1 aliphatic rings. The maximum atomic E-state index is 12.6. The Hall–Kier alpha value is -1.78. The molecule has 1 aliphatic heterocycles. The average Bonchev–Trinajstić information content (AvgIpc) is 2.39. The van der Waals surface area contributed by atoms with Gasteiger partial charge < -0.3 is 5.32 Å². The van der Waals surface area contributed by atoms with Crippen molar-refractivity contribution < 1.29 is 4.79 Å². The molecule has 104 valence electrons. The standard InChI is InChI=1S/C15H15N3O.ClH/c19-15(11-9-16-10-11)14(12-5-1-3-7-17-12)13-6-2-4-8-18-13;/h1-8,11,14,16H,9-10H2;1H. The van der Waals surface area contributed by atoms with Crippen LogP contribution >= 0.6 is 12.4 Å². The molecular weight excluding hydrogens is 274 g/mol. The van der Waals surface area contributed by atoms with E-state index in [0.717, 1.165) is 24.5 Å². The molecule has 1 fully saturated rings. The van der Waals surface area contributed by atoms with Crippen molar-refractivity contribution in [3.8, 4) is 0 Å². The van der Waals surface area contributed by atoms with Crippen LogP contribution in [0.3, 0.4) is 0 Å². The molecule has 0 spiro atoms. The molecule has 5 heteroatoms. The molecule has 1 N–H and O–H groups in total. The van der Waals surface area contributed by atoms with Gasteiger partial charge in [0.05, 0.1) is 11.4 Å². The van der Waals surface area contributed by atoms with E-state index in [1.807, 2.05) is 36.4 Å². The fourth-order valence-electron chi connectivity index (χ4n) is 2.26. The first-order valence-electron chi connectivity index (χ1n) is 6.42. The second-order valence-electron chi connectivity index (χ2n) is 4.70. The van der Waals surface area contributed by atoms with Gasteiger partial charge in [0.15, 0.2) is 5.78 Å². The van der Waals surface area contributed by atoms with Crippen molar-refractivity contribution in [3.63, 3.8) is 0 Å². The Balaban J connectivity index is 0.00000147. The number of ketones is 1. The summed E-state index contributed by atoms with van der Waals surface area (Å²) in [7, 11) is 0. The Morgan fingerprint density at radius 3 is 1.95 bits per heavy atom. The second kappa shape index (κ2) is 6.59. The summed E-state index contributed by atoms with van der Waals surface area (Å²) < 4.78 is 0. The smallest absolute Gasteiger partial charge is 0.153 e. The lowest BCUT2D eigenvalue weighted by Gasteiger charge is -2.29. The van der Waals surface area contributed by atoms with Crippen LogP contribution in [0.5, 0.6) is 0 Å². The predicted molar refractivity (Wildman–Crippen MR) is 78.9 cm³/mol. The lowest BCUT2D eigenvalue weighted by Crippen LogP contribution is -2.48. The maximum Gasteiger partial charge on any atom is 0.153 e. The van der Waals surface area contributed by atoms with Crippen molar-refractivity contribution in [2.24, 2.45) is 5.92 Å². The summed E-state index contributed by atoms with van der Waals surface area (Å²) in [5.41, 5.74) is 1.55. The number of nitrogens with zero attached hydrogens (tertiary/aromatic N) is 2. The van der Waals surface area contributed by atoms with E-state index in [4.69, 9.17) is 0 Å². The van der Waals surface area contributed by atoms with Gasteiger partial charge in [-0.15, -0.1) is 12.4 Å². The fraction of sp³-hybridized carbons (Fsp3) is 0.267. The van der Waals surface area contributed by atoms with Gasteiger partial charge in [-0.2, -0.15) is 0 Å². The third kappa shape index (κ3) is 2.86. The number of carbonyl (C=O) groups is 1. The minimum Gasteiger partial charge on any atom is -0.315 e. The summed E-state index contributed by atoms with van der Waals surface area (Å²) in [4.78, 5) is 21.3. The highest BCUT2D eigenvalue weighted by Gasteiger charge is 2.34. The van der Waals surface area contributed by atoms with Gasteiger partial charge >= 0.3 is 0 Å². The van der Waals surface area contributed by atoms with Gasteiger partial charge in [0.25, 0.3) is 0 Å². The van der Waals surface area contributed by atoms with Crippen LogP contribution in [0, 0.1) is 5.92 Å². The number of nitrogens with one attached hydrogen (secondary N) is 1. The van der Waals surface area contributed by atoms with Crippen molar-refractivity contribution in [2.45, 2.75) is 5.92 Å². The summed E-state index contributed by atoms with van der Waals surface area (Å²) in [5.74, 6) is -0.0698. The Morgan fingerprint density at radius 2 is 1.60 bits per heavy atom. The summed E-state index contributed by atoms with van der Waals surface area (Å²) in [6.45, 7) is 1.52. The molecule has 0 amide bonds. The number of Topliss-reactive ketones (excluding diaryl/α,β-unsaturated/α-hetero) is 1. The summed E-state index contributed by atoms with van der Waals surface area (Å²) in [6.07, 6.45) is 3.44. The SMILES string of the molecule is Cl.O=C(C1CNC1)C(c1ccccn1)c1ccccn1. The zero-order valence-electron chi connectivity index (χ0n) is 10.9. The van der Waals surface area contributed by atoms with Crippen molar-refractivity contribution in [1.29, 1.82) is 0 Å². The van der Waals surface area contributed by atoms with E-state index in [-0.39, 0.29) is 30.0 Å². The minimum absolute atomic E-state index is 0. The third-order valence-electron chi connectivity index (χ3n) is 3.44. The lowest BCUT2D eigenvalue weighted by atomic mass is 9.84. The van der Waals surface area contributed by atoms with Gasteiger partial charge in [0, 0.05) is 31.4 Å². The van der Waals surface area contributed by atoms with Crippen molar-refractivity contribution in [2.75, 3.05) is 13.1 Å². The van der Waals surface area contributed by atoms with Crippen LogP contribution in [0.15, 0.2) is 48.8 Å². The van der Waals surface area contributed by atoms with Gasteiger partial charge in [-0.05, 0) is 24.3 Å². The normalized spacial score (nSPS) is 14.4. The monoisotopic (exact) mass is 289 g/mol. The van der Waals surface area contributed by atoms with E-state index in [0.29, 0.717) is 0 Å². The van der Waals surface area contributed by atoms with Crippen molar-refractivity contribution in [3.05, 3.63) is 60.2 Å². The van der Waals surface area contributed by atoms with Crippen LogP contribution in [0.4, 0.5) is 0 Å². The number of pyridine rings is 2. The molecular formula is C15H16ClN3O. The van der Waals surface area contributed by atoms with Gasteiger partial charge in [-0.3, -0.25) is 14.8 Å². The van der Waals surface area contributed by atoms with E-state index >= 15 is 0 Å². The predicted octanol–water partition coefficient (Wildman–Crippen LogP) is 1.82. The molecule has 0 radical (unpaired) electrons. The molecule has 2 aromatic rings.